The lowest BCUT2D eigenvalue weighted by Gasteiger charge is -2.34. The van der Waals surface area contributed by atoms with Crippen molar-refractivity contribution < 1.29 is 17.6 Å². The highest BCUT2D eigenvalue weighted by Crippen LogP contribution is 2.34. The molecular weight excluding hydrogens is 474 g/mol. The van der Waals surface area contributed by atoms with Crippen LogP contribution in [0.3, 0.4) is 0 Å². The molecule has 186 valence electrons. The van der Waals surface area contributed by atoms with Crippen LogP contribution in [0.25, 0.3) is 11.2 Å². The highest BCUT2D eigenvalue weighted by molar-refractivity contribution is 5.71. The quantitative estimate of drug-likeness (QED) is 0.368. The zero-order valence-corrected chi connectivity index (χ0v) is 19.5. The highest BCUT2D eigenvalue weighted by Gasteiger charge is 2.34. The molecule has 0 bridgehead atoms. The Balaban J connectivity index is 1.51. The van der Waals surface area contributed by atoms with Crippen LogP contribution in [-0.2, 0) is 12.7 Å². The summed E-state index contributed by atoms with van der Waals surface area (Å²) in [5, 5.41) is 0. The summed E-state index contributed by atoms with van der Waals surface area (Å²) < 4.78 is 56.5. The fraction of sp³-hybridized carbons (Fsp3) is 0.308. The predicted molar refractivity (Wildman–Crippen MR) is 127 cm³/mol. The van der Waals surface area contributed by atoms with Gasteiger partial charge in [0.1, 0.15) is 11.3 Å². The third-order valence-corrected chi connectivity index (χ3v) is 6.73. The molecular formula is C26H23F4N5O. The zero-order chi connectivity index (χ0) is 25.4. The van der Waals surface area contributed by atoms with E-state index in [0.717, 1.165) is 11.8 Å². The molecule has 10 heteroatoms. The lowest BCUT2D eigenvalue weighted by Crippen LogP contribution is -2.36. The average molecular weight is 497 g/mol. The van der Waals surface area contributed by atoms with E-state index in [4.69, 9.17) is 0 Å². The Morgan fingerprint density at radius 3 is 2.53 bits per heavy atom. The Morgan fingerprint density at radius 1 is 1.06 bits per heavy atom. The fourth-order valence-electron chi connectivity index (χ4n) is 4.98. The van der Waals surface area contributed by atoms with Crippen molar-refractivity contribution in [2.75, 3.05) is 18.0 Å². The molecule has 0 saturated carbocycles. The van der Waals surface area contributed by atoms with E-state index in [2.05, 4.69) is 15.0 Å². The Labute approximate surface area is 204 Å². The number of halogens is 4. The number of alkyl halides is 3. The van der Waals surface area contributed by atoms with Gasteiger partial charge in [-0.1, -0.05) is 12.1 Å². The van der Waals surface area contributed by atoms with Gasteiger partial charge in [-0.2, -0.15) is 13.2 Å². The molecule has 1 saturated heterocycles. The number of anilines is 1. The number of nitrogens with zero attached hydrogens (tertiary/aromatic N) is 5. The maximum Gasteiger partial charge on any atom is 0.418 e. The SMILES string of the molecule is Cc1cccc(F)c1N1CCC(c2cc3nccnc3n(Cc3ccncc3C(F)(F)F)c2=O)CC1. The van der Waals surface area contributed by atoms with E-state index in [1.54, 1.807) is 12.1 Å². The smallest absolute Gasteiger partial charge is 0.369 e. The van der Waals surface area contributed by atoms with E-state index >= 15 is 0 Å². The average Bonchev–Trinajstić information content (AvgIpc) is 2.86. The van der Waals surface area contributed by atoms with E-state index < -0.39 is 17.3 Å². The van der Waals surface area contributed by atoms with Gasteiger partial charge >= 0.3 is 6.18 Å². The number of hydrogen-bond donors (Lipinski definition) is 0. The maximum atomic E-state index is 14.5. The second kappa shape index (κ2) is 9.33. The number of aryl methyl sites for hydroxylation is 1. The van der Waals surface area contributed by atoms with Crippen molar-refractivity contribution in [3.8, 4) is 0 Å². The van der Waals surface area contributed by atoms with Crippen LogP contribution in [0.5, 0.6) is 0 Å². The monoisotopic (exact) mass is 497 g/mol. The molecule has 6 nitrogen and oxygen atoms in total. The summed E-state index contributed by atoms with van der Waals surface area (Å²) in [6, 6.07) is 7.92. The number of benzene rings is 1. The fourth-order valence-corrected chi connectivity index (χ4v) is 4.98. The second-order valence-corrected chi connectivity index (χ2v) is 8.95. The van der Waals surface area contributed by atoms with Gasteiger partial charge in [-0.25, -0.2) is 9.37 Å². The van der Waals surface area contributed by atoms with Gasteiger partial charge in [0.05, 0.1) is 17.8 Å². The van der Waals surface area contributed by atoms with Gasteiger partial charge in [0, 0.05) is 43.4 Å². The first kappa shape index (κ1) is 23.9. The van der Waals surface area contributed by atoms with Crippen LogP contribution in [0.15, 0.2) is 59.9 Å². The Hall–Kier alpha value is -3.82. The first-order valence-corrected chi connectivity index (χ1v) is 11.6. The molecule has 0 N–H and O–H groups in total. The van der Waals surface area contributed by atoms with Crippen LogP contribution in [-0.4, -0.2) is 32.6 Å². The van der Waals surface area contributed by atoms with Gasteiger partial charge in [-0.05, 0) is 55.0 Å². The third kappa shape index (κ3) is 4.43. The number of aromatic nitrogens is 4. The van der Waals surface area contributed by atoms with Crippen LogP contribution >= 0.6 is 0 Å². The topological polar surface area (TPSA) is 63.9 Å². The molecule has 5 rings (SSSR count). The number of rotatable bonds is 4. The molecule has 0 spiro atoms. The highest BCUT2D eigenvalue weighted by atomic mass is 19.4. The molecule has 0 unspecified atom stereocenters. The molecule has 0 aliphatic carbocycles. The predicted octanol–water partition coefficient (Wildman–Crippen LogP) is 5.09. The first-order valence-electron chi connectivity index (χ1n) is 11.6. The van der Waals surface area contributed by atoms with Crippen LogP contribution in [0.2, 0.25) is 0 Å². The summed E-state index contributed by atoms with van der Waals surface area (Å²) >= 11 is 0. The first-order chi connectivity index (χ1) is 17.2. The van der Waals surface area contributed by atoms with Crippen molar-refractivity contribution >= 4 is 16.9 Å². The van der Waals surface area contributed by atoms with Gasteiger partial charge in [-0.15, -0.1) is 0 Å². The summed E-state index contributed by atoms with van der Waals surface area (Å²) in [6.07, 6.45) is 1.51. The number of para-hydroxylation sites is 1. The molecule has 1 fully saturated rings. The molecule has 4 aromatic rings. The van der Waals surface area contributed by atoms with Gasteiger partial charge in [0.2, 0.25) is 0 Å². The number of fused-ring (bicyclic) bond motifs is 1. The van der Waals surface area contributed by atoms with Crippen LogP contribution < -0.4 is 10.5 Å². The minimum absolute atomic E-state index is 0.0754. The van der Waals surface area contributed by atoms with E-state index in [0.29, 0.717) is 42.7 Å². The molecule has 1 aromatic carbocycles. The standard InChI is InChI=1S/C26H23F4N5O/c1-16-3-2-4-21(27)23(16)34-11-6-17(7-12-34)19-13-22-24(33-10-9-32-22)35(25(19)36)15-18-5-8-31-14-20(18)26(28,29)30/h2-5,8-10,13-14,17H,6-7,11-12,15H2,1H3. The summed E-state index contributed by atoms with van der Waals surface area (Å²) in [5.74, 6) is -0.424. The van der Waals surface area contributed by atoms with Crippen molar-refractivity contribution in [2.24, 2.45) is 0 Å². The minimum atomic E-state index is -4.61. The second-order valence-electron chi connectivity index (χ2n) is 8.95. The minimum Gasteiger partial charge on any atom is -0.369 e. The Kier molecular flexibility index (Phi) is 6.19. The molecule has 0 amide bonds. The van der Waals surface area contributed by atoms with Crippen molar-refractivity contribution in [1.82, 2.24) is 19.5 Å². The summed E-state index contributed by atoms with van der Waals surface area (Å²) in [5.41, 5.74) is 1.17. The maximum absolute atomic E-state index is 14.5. The van der Waals surface area contributed by atoms with Crippen molar-refractivity contribution in [2.45, 2.75) is 38.4 Å². The largest absolute Gasteiger partial charge is 0.418 e. The van der Waals surface area contributed by atoms with E-state index in [1.807, 2.05) is 17.9 Å². The molecule has 3 aromatic heterocycles. The van der Waals surface area contributed by atoms with Crippen molar-refractivity contribution in [1.29, 1.82) is 0 Å². The summed E-state index contributed by atoms with van der Waals surface area (Å²) in [4.78, 5) is 27.8. The summed E-state index contributed by atoms with van der Waals surface area (Å²) in [7, 11) is 0. The van der Waals surface area contributed by atoms with Crippen molar-refractivity contribution in [3.05, 3.63) is 93.5 Å². The Bertz CT molecular complexity index is 1460. The van der Waals surface area contributed by atoms with Crippen LogP contribution in [0, 0.1) is 12.7 Å². The number of hydrogen-bond acceptors (Lipinski definition) is 5. The molecule has 4 heterocycles. The van der Waals surface area contributed by atoms with Gasteiger partial charge < -0.3 is 4.90 Å². The Morgan fingerprint density at radius 2 is 1.81 bits per heavy atom. The van der Waals surface area contributed by atoms with Crippen LogP contribution in [0.1, 0.15) is 41.0 Å². The lowest BCUT2D eigenvalue weighted by atomic mass is 9.89. The summed E-state index contributed by atoms with van der Waals surface area (Å²) in [6.45, 7) is 2.64. The zero-order valence-electron chi connectivity index (χ0n) is 19.5. The molecule has 1 aliphatic heterocycles. The molecule has 0 atom stereocenters. The normalized spacial score (nSPS) is 15.0. The van der Waals surface area contributed by atoms with Crippen molar-refractivity contribution in [3.63, 3.8) is 0 Å². The van der Waals surface area contributed by atoms with Gasteiger partial charge in [0.25, 0.3) is 5.56 Å². The number of pyridine rings is 2. The number of piperidine rings is 1. The van der Waals surface area contributed by atoms with Gasteiger partial charge in [-0.3, -0.25) is 19.3 Å². The van der Waals surface area contributed by atoms with E-state index in [9.17, 15) is 22.4 Å². The van der Waals surface area contributed by atoms with Gasteiger partial charge in [0.15, 0.2) is 5.65 Å². The van der Waals surface area contributed by atoms with Crippen LogP contribution in [0.4, 0.5) is 23.2 Å². The molecule has 0 radical (unpaired) electrons. The molecule has 36 heavy (non-hydrogen) atoms. The molecule has 1 aliphatic rings. The lowest BCUT2D eigenvalue weighted by molar-refractivity contribution is -0.138. The van der Waals surface area contributed by atoms with E-state index in [1.165, 1.54) is 35.3 Å². The van der Waals surface area contributed by atoms with E-state index in [-0.39, 0.29) is 29.5 Å². The third-order valence-electron chi connectivity index (χ3n) is 6.73.